The van der Waals surface area contributed by atoms with E-state index in [0.29, 0.717) is 6.54 Å². The Kier molecular flexibility index (Phi) is 5.08. The molecule has 1 aliphatic rings. The molecule has 0 radical (unpaired) electrons. The fourth-order valence-electron chi connectivity index (χ4n) is 3.73. The Morgan fingerprint density at radius 2 is 2.12 bits per heavy atom. The number of nitrogens with zero attached hydrogens (tertiary/aromatic N) is 4. The van der Waals surface area contributed by atoms with E-state index in [2.05, 4.69) is 16.1 Å². The number of likely N-dealkylation sites (N-methyl/N-ethyl adjacent to an activating group) is 1. The normalized spacial score (nSPS) is 21.1. The van der Waals surface area contributed by atoms with Crippen LogP contribution in [0.1, 0.15) is 18.4 Å². The molecule has 2 heterocycles. The lowest BCUT2D eigenvalue weighted by Crippen LogP contribution is -2.58. The minimum Gasteiger partial charge on any atom is -0.496 e. The molecule has 0 spiro atoms. The predicted octanol–water partition coefficient (Wildman–Crippen LogP) is 1.97. The van der Waals surface area contributed by atoms with Gasteiger partial charge >= 0.3 is 0 Å². The molecule has 1 unspecified atom stereocenters. The minimum absolute atomic E-state index is 0.0981. The Balaban J connectivity index is 1.88. The van der Waals surface area contributed by atoms with Crippen LogP contribution in [0.5, 0.6) is 5.75 Å². The van der Waals surface area contributed by atoms with Crippen LogP contribution in [0.15, 0.2) is 42.7 Å². The number of amides is 1. The maximum absolute atomic E-state index is 13.1. The number of methoxy groups -OCH3 is 1. The van der Waals surface area contributed by atoms with E-state index in [1.54, 1.807) is 18.2 Å². The van der Waals surface area contributed by atoms with E-state index in [4.69, 9.17) is 4.74 Å². The molecule has 1 fully saturated rings. The van der Waals surface area contributed by atoms with Gasteiger partial charge in [0, 0.05) is 45.1 Å². The third-order valence-corrected chi connectivity index (χ3v) is 4.88. The zero-order valence-corrected chi connectivity index (χ0v) is 15.2. The average molecular weight is 342 g/mol. The topological polar surface area (TPSA) is 50.6 Å². The zero-order valence-electron chi connectivity index (χ0n) is 15.2. The van der Waals surface area contributed by atoms with Crippen molar-refractivity contribution < 1.29 is 9.53 Å². The fraction of sp³-hybridized carbons (Fsp3) is 0.474. The molecule has 134 valence electrons. The Bertz CT molecular complexity index is 714. The summed E-state index contributed by atoms with van der Waals surface area (Å²) >= 11 is 0. The molecule has 0 N–H and O–H groups in total. The summed E-state index contributed by atoms with van der Waals surface area (Å²) in [6.07, 6.45) is 5.39. The van der Waals surface area contributed by atoms with E-state index in [-0.39, 0.29) is 5.91 Å². The van der Waals surface area contributed by atoms with E-state index in [0.717, 1.165) is 37.2 Å². The van der Waals surface area contributed by atoms with Crippen LogP contribution in [0.25, 0.3) is 0 Å². The lowest BCUT2D eigenvalue weighted by Gasteiger charge is -2.43. The molecule has 6 nitrogen and oxygen atoms in total. The fourth-order valence-corrected chi connectivity index (χ4v) is 3.73. The van der Waals surface area contributed by atoms with Crippen LogP contribution < -0.4 is 4.74 Å². The van der Waals surface area contributed by atoms with Crippen LogP contribution in [0, 0.1) is 0 Å². The molecule has 0 saturated carbocycles. The molecule has 6 heteroatoms. The van der Waals surface area contributed by atoms with Crippen molar-refractivity contribution in [1.82, 2.24) is 19.6 Å². The first kappa shape index (κ1) is 17.5. The molecular weight excluding hydrogens is 316 g/mol. The second-order valence-corrected chi connectivity index (χ2v) is 6.81. The van der Waals surface area contributed by atoms with Crippen LogP contribution in [-0.4, -0.2) is 59.8 Å². The first-order valence-electron chi connectivity index (χ1n) is 8.63. The summed E-state index contributed by atoms with van der Waals surface area (Å²) < 4.78 is 7.31. The number of carbonyl (C=O) groups excluding carboxylic acids is 1. The van der Waals surface area contributed by atoms with Gasteiger partial charge in [0.15, 0.2) is 5.54 Å². The van der Waals surface area contributed by atoms with Gasteiger partial charge in [-0.3, -0.25) is 14.4 Å². The van der Waals surface area contributed by atoms with E-state index < -0.39 is 5.54 Å². The quantitative estimate of drug-likeness (QED) is 0.834. The highest BCUT2D eigenvalue weighted by Gasteiger charge is 2.45. The Morgan fingerprint density at radius 3 is 2.80 bits per heavy atom. The summed E-state index contributed by atoms with van der Waals surface area (Å²) in [5.41, 5.74) is 0.492. The predicted molar refractivity (Wildman–Crippen MR) is 96.4 cm³/mol. The van der Waals surface area contributed by atoms with Crippen molar-refractivity contribution in [2.45, 2.75) is 24.9 Å². The van der Waals surface area contributed by atoms with Crippen LogP contribution in [-0.2, 0) is 16.9 Å². The van der Waals surface area contributed by atoms with E-state index in [1.807, 2.05) is 49.2 Å². The number of likely N-dealkylation sites (tertiary alicyclic amines) is 1. The third-order valence-electron chi connectivity index (χ3n) is 4.88. The van der Waals surface area contributed by atoms with Crippen LogP contribution >= 0.6 is 0 Å². The van der Waals surface area contributed by atoms with Gasteiger partial charge in [-0.25, -0.2) is 0 Å². The summed E-state index contributed by atoms with van der Waals surface area (Å²) in [5.74, 6) is 0.984. The Hall–Kier alpha value is -2.34. The van der Waals surface area contributed by atoms with Gasteiger partial charge < -0.3 is 9.64 Å². The first-order valence-corrected chi connectivity index (χ1v) is 8.63. The maximum Gasteiger partial charge on any atom is 0.251 e. The van der Waals surface area contributed by atoms with Crippen molar-refractivity contribution in [1.29, 1.82) is 0 Å². The van der Waals surface area contributed by atoms with Gasteiger partial charge in [-0.1, -0.05) is 18.2 Å². The Labute approximate surface area is 149 Å². The summed E-state index contributed by atoms with van der Waals surface area (Å²) in [4.78, 5) is 17.1. The summed E-state index contributed by atoms with van der Waals surface area (Å²) in [5, 5.41) is 4.41. The molecular formula is C19H26N4O2. The summed E-state index contributed by atoms with van der Waals surface area (Å²) in [7, 11) is 5.32. The van der Waals surface area contributed by atoms with E-state index in [1.165, 1.54) is 0 Å². The number of benzene rings is 1. The molecule has 0 aliphatic carbocycles. The number of hydrogen-bond donors (Lipinski definition) is 0. The van der Waals surface area contributed by atoms with Gasteiger partial charge in [0.25, 0.3) is 5.91 Å². The minimum atomic E-state index is -0.646. The van der Waals surface area contributed by atoms with Gasteiger partial charge in [0.05, 0.1) is 7.11 Å². The number of ether oxygens (including phenoxy) is 1. The third kappa shape index (κ3) is 3.39. The maximum atomic E-state index is 13.1. The number of piperidine rings is 1. The van der Waals surface area contributed by atoms with Gasteiger partial charge in [-0.05, 0) is 31.5 Å². The standard InChI is InChI=1S/C19H26N4O2/c1-21(2)18(24)19(23-13-7-11-20-23)10-6-12-22(15-19)14-16-8-4-5-9-17(16)25-3/h4-5,7-9,11,13H,6,10,12,14-15H2,1-3H3. The molecule has 1 aromatic heterocycles. The molecule has 0 bridgehead atoms. The number of rotatable bonds is 5. The molecule has 2 aromatic rings. The van der Waals surface area contributed by atoms with Crippen molar-refractivity contribution in [2.24, 2.45) is 0 Å². The number of aromatic nitrogens is 2. The van der Waals surface area contributed by atoms with Crippen molar-refractivity contribution in [2.75, 3.05) is 34.3 Å². The van der Waals surface area contributed by atoms with E-state index in [9.17, 15) is 4.79 Å². The SMILES string of the molecule is COc1ccccc1CN1CCCC(C(=O)N(C)C)(n2cccn2)C1. The molecule has 25 heavy (non-hydrogen) atoms. The number of carbonyl (C=O) groups is 1. The van der Waals surface area contributed by atoms with Gasteiger partial charge in [-0.2, -0.15) is 5.10 Å². The van der Waals surface area contributed by atoms with Gasteiger partial charge in [-0.15, -0.1) is 0 Å². The number of para-hydroxylation sites is 1. The van der Waals surface area contributed by atoms with E-state index >= 15 is 0 Å². The molecule has 1 aliphatic heterocycles. The zero-order chi connectivity index (χ0) is 17.9. The second-order valence-electron chi connectivity index (χ2n) is 6.81. The molecule has 1 aromatic carbocycles. The molecule has 3 rings (SSSR count). The largest absolute Gasteiger partial charge is 0.496 e. The number of hydrogen-bond acceptors (Lipinski definition) is 4. The van der Waals surface area contributed by atoms with Crippen molar-refractivity contribution in [3.63, 3.8) is 0 Å². The second kappa shape index (κ2) is 7.27. The highest BCUT2D eigenvalue weighted by molar-refractivity contribution is 5.84. The van der Waals surface area contributed by atoms with Crippen LogP contribution in [0.4, 0.5) is 0 Å². The van der Waals surface area contributed by atoms with Crippen LogP contribution in [0.3, 0.4) is 0 Å². The highest BCUT2D eigenvalue weighted by Crippen LogP contribution is 2.32. The van der Waals surface area contributed by atoms with Crippen molar-refractivity contribution in [3.8, 4) is 5.75 Å². The van der Waals surface area contributed by atoms with Crippen LogP contribution in [0.2, 0.25) is 0 Å². The highest BCUT2D eigenvalue weighted by atomic mass is 16.5. The average Bonchev–Trinajstić information content (AvgIpc) is 3.17. The first-order chi connectivity index (χ1) is 12.1. The summed E-state index contributed by atoms with van der Waals surface area (Å²) in [6.45, 7) is 2.36. The lowest BCUT2D eigenvalue weighted by molar-refractivity contribution is -0.142. The molecule has 1 saturated heterocycles. The van der Waals surface area contributed by atoms with Crippen molar-refractivity contribution in [3.05, 3.63) is 48.3 Å². The van der Waals surface area contributed by atoms with Gasteiger partial charge in [0.1, 0.15) is 5.75 Å². The van der Waals surface area contributed by atoms with Crippen molar-refractivity contribution >= 4 is 5.91 Å². The molecule has 1 amide bonds. The van der Waals surface area contributed by atoms with Gasteiger partial charge in [0.2, 0.25) is 0 Å². The smallest absolute Gasteiger partial charge is 0.251 e. The molecule has 1 atom stereocenters. The Morgan fingerprint density at radius 1 is 1.32 bits per heavy atom. The lowest BCUT2D eigenvalue weighted by atomic mass is 9.87. The monoisotopic (exact) mass is 342 g/mol. The summed E-state index contributed by atoms with van der Waals surface area (Å²) in [6, 6.07) is 9.93.